The third-order valence-electron chi connectivity index (χ3n) is 1.80. The Labute approximate surface area is 82.6 Å². The molecule has 1 saturated heterocycles. The number of carbonyl (C=O) groups is 1. The van der Waals surface area contributed by atoms with Gasteiger partial charge in [-0.3, -0.25) is 0 Å². The second-order valence-corrected chi connectivity index (χ2v) is 2.89. The summed E-state index contributed by atoms with van der Waals surface area (Å²) in [6.45, 7) is 3.73. The lowest BCUT2D eigenvalue weighted by atomic mass is 10.3. The van der Waals surface area contributed by atoms with Crippen molar-refractivity contribution in [2.45, 2.75) is 32.7 Å². The molecule has 1 aliphatic rings. The van der Waals surface area contributed by atoms with Crippen molar-refractivity contribution in [3.8, 4) is 0 Å². The van der Waals surface area contributed by atoms with Crippen LogP contribution in [0.3, 0.4) is 0 Å². The summed E-state index contributed by atoms with van der Waals surface area (Å²) in [5.41, 5.74) is 0.389. The lowest BCUT2D eigenvalue weighted by Gasteiger charge is -2.02. The van der Waals surface area contributed by atoms with Crippen molar-refractivity contribution in [2.75, 3.05) is 6.61 Å². The molecule has 1 aliphatic heterocycles. The maximum Gasteiger partial charge on any atom is 0.330 e. The van der Waals surface area contributed by atoms with Gasteiger partial charge in [0.25, 0.3) is 0 Å². The van der Waals surface area contributed by atoms with Gasteiger partial charge in [0.05, 0.1) is 6.61 Å². The number of carboxylic acids is 1. The maximum absolute atomic E-state index is 9.86. The van der Waals surface area contributed by atoms with E-state index in [2.05, 4.69) is 4.74 Å². The molecular formula is C9H16O5. The summed E-state index contributed by atoms with van der Waals surface area (Å²) in [5, 5.41) is 25.3. The van der Waals surface area contributed by atoms with Crippen LogP contribution in [0.15, 0.2) is 11.6 Å². The molecular weight excluding hydrogens is 188 g/mol. The van der Waals surface area contributed by atoms with Crippen LogP contribution in [0.1, 0.15) is 20.3 Å². The number of rotatable bonds is 1. The van der Waals surface area contributed by atoms with Crippen LogP contribution in [0.25, 0.3) is 0 Å². The first-order valence-corrected chi connectivity index (χ1v) is 4.33. The summed E-state index contributed by atoms with van der Waals surface area (Å²) in [6.07, 6.45) is 0.531. The van der Waals surface area contributed by atoms with E-state index in [4.69, 9.17) is 15.3 Å². The van der Waals surface area contributed by atoms with Gasteiger partial charge in [0.1, 0.15) is 6.10 Å². The van der Waals surface area contributed by atoms with Crippen LogP contribution in [-0.4, -0.2) is 40.3 Å². The predicted molar refractivity (Wildman–Crippen MR) is 49.6 cm³/mol. The molecule has 0 aromatic carbocycles. The van der Waals surface area contributed by atoms with Crippen molar-refractivity contribution < 1.29 is 24.9 Å². The van der Waals surface area contributed by atoms with E-state index in [0.717, 1.165) is 0 Å². The lowest BCUT2D eigenvalue weighted by molar-refractivity contribution is -0.132. The minimum Gasteiger partial charge on any atom is -0.478 e. The zero-order valence-corrected chi connectivity index (χ0v) is 8.30. The Morgan fingerprint density at radius 1 is 1.50 bits per heavy atom. The highest BCUT2D eigenvalue weighted by Crippen LogP contribution is 2.08. The first-order chi connectivity index (χ1) is 6.49. The summed E-state index contributed by atoms with van der Waals surface area (Å²) in [5.74, 6) is -0.845. The number of ether oxygens (including phenoxy) is 1. The monoisotopic (exact) mass is 204 g/mol. The van der Waals surface area contributed by atoms with Gasteiger partial charge in [-0.2, -0.15) is 0 Å². The Bertz CT molecular complexity index is 203. The highest BCUT2D eigenvalue weighted by Gasteiger charge is 2.22. The van der Waals surface area contributed by atoms with Gasteiger partial charge < -0.3 is 20.1 Å². The van der Waals surface area contributed by atoms with Crippen LogP contribution in [0.5, 0.6) is 0 Å². The van der Waals surface area contributed by atoms with Crippen LogP contribution >= 0.6 is 0 Å². The molecule has 2 atom stereocenters. The molecule has 0 aromatic heterocycles. The molecule has 82 valence electrons. The van der Waals surface area contributed by atoms with Crippen molar-refractivity contribution in [3.05, 3.63) is 11.6 Å². The summed E-state index contributed by atoms with van der Waals surface area (Å²) in [4.78, 5) is 9.86. The Morgan fingerprint density at radius 3 is 2.14 bits per heavy atom. The first kappa shape index (κ1) is 13.1. The SMILES string of the molecule is CC=C(C)C(=O)O.OC1CCOC1O. The fraction of sp³-hybridized carbons (Fsp3) is 0.667. The average molecular weight is 204 g/mol. The topological polar surface area (TPSA) is 87.0 Å². The molecule has 5 nitrogen and oxygen atoms in total. The molecule has 14 heavy (non-hydrogen) atoms. The summed E-state index contributed by atoms with van der Waals surface area (Å²) < 4.78 is 4.57. The molecule has 0 saturated carbocycles. The molecule has 0 amide bonds. The van der Waals surface area contributed by atoms with E-state index < -0.39 is 18.4 Å². The number of aliphatic hydroxyl groups excluding tert-OH is 2. The number of aliphatic hydroxyl groups is 2. The van der Waals surface area contributed by atoms with Crippen molar-refractivity contribution in [3.63, 3.8) is 0 Å². The molecule has 1 heterocycles. The smallest absolute Gasteiger partial charge is 0.330 e. The highest BCUT2D eigenvalue weighted by atomic mass is 16.6. The zero-order chi connectivity index (χ0) is 11.1. The third-order valence-corrected chi connectivity index (χ3v) is 1.80. The predicted octanol–water partition coefficient (Wildman–Crippen LogP) is 0.123. The van der Waals surface area contributed by atoms with E-state index in [-0.39, 0.29) is 0 Å². The van der Waals surface area contributed by atoms with E-state index in [0.29, 0.717) is 18.6 Å². The van der Waals surface area contributed by atoms with E-state index in [1.807, 2.05) is 0 Å². The number of aliphatic carboxylic acids is 1. The highest BCUT2D eigenvalue weighted by molar-refractivity contribution is 5.85. The van der Waals surface area contributed by atoms with Gasteiger partial charge in [0.15, 0.2) is 6.29 Å². The van der Waals surface area contributed by atoms with E-state index in [9.17, 15) is 4.79 Å². The van der Waals surface area contributed by atoms with Crippen LogP contribution in [-0.2, 0) is 9.53 Å². The Morgan fingerprint density at radius 2 is 2.07 bits per heavy atom. The van der Waals surface area contributed by atoms with Crippen LogP contribution in [0.4, 0.5) is 0 Å². The van der Waals surface area contributed by atoms with Gasteiger partial charge >= 0.3 is 5.97 Å². The minimum absolute atomic E-state index is 0.389. The summed E-state index contributed by atoms with van der Waals surface area (Å²) in [7, 11) is 0. The molecule has 0 aliphatic carbocycles. The van der Waals surface area contributed by atoms with E-state index in [1.165, 1.54) is 0 Å². The average Bonchev–Trinajstić information content (AvgIpc) is 2.50. The lowest BCUT2D eigenvalue weighted by Crippen LogP contribution is -2.18. The van der Waals surface area contributed by atoms with Crippen LogP contribution in [0.2, 0.25) is 0 Å². The Hall–Kier alpha value is -0.910. The van der Waals surface area contributed by atoms with Gasteiger partial charge in [-0.25, -0.2) is 4.79 Å². The molecule has 5 heteroatoms. The number of allylic oxidation sites excluding steroid dienone is 1. The second kappa shape index (κ2) is 6.53. The Kier molecular flexibility index (Phi) is 6.11. The fourth-order valence-electron chi connectivity index (χ4n) is 0.687. The fourth-order valence-corrected chi connectivity index (χ4v) is 0.687. The van der Waals surface area contributed by atoms with Gasteiger partial charge in [-0.05, 0) is 13.8 Å². The van der Waals surface area contributed by atoms with E-state index >= 15 is 0 Å². The van der Waals surface area contributed by atoms with E-state index in [1.54, 1.807) is 19.9 Å². The first-order valence-electron chi connectivity index (χ1n) is 4.33. The molecule has 2 unspecified atom stereocenters. The van der Waals surface area contributed by atoms with Gasteiger partial charge in [-0.1, -0.05) is 6.08 Å². The van der Waals surface area contributed by atoms with Crippen molar-refractivity contribution in [2.24, 2.45) is 0 Å². The summed E-state index contributed by atoms with van der Waals surface area (Å²) >= 11 is 0. The molecule has 0 radical (unpaired) electrons. The standard InChI is InChI=1S/C5H8O2.C4H8O3/c1-3-4(2)5(6)7;5-3-1-2-7-4(3)6/h3H,1-2H3,(H,6,7);3-6H,1-2H2. The second-order valence-electron chi connectivity index (χ2n) is 2.89. The minimum atomic E-state index is -0.931. The zero-order valence-electron chi connectivity index (χ0n) is 8.30. The molecule has 1 rings (SSSR count). The van der Waals surface area contributed by atoms with Gasteiger partial charge in [-0.15, -0.1) is 0 Å². The molecule has 1 fully saturated rings. The largest absolute Gasteiger partial charge is 0.478 e. The molecule has 3 N–H and O–H groups in total. The Balaban J connectivity index is 0.000000241. The van der Waals surface area contributed by atoms with Gasteiger partial charge in [0.2, 0.25) is 0 Å². The quantitative estimate of drug-likeness (QED) is 0.528. The number of carboxylic acid groups (broad SMARTS) is 1. The normalized spacial score (nSPS) is 26.7. The maximum atomic E-state index is 9.86. The number of hydrogen-bond acceptors (Lipinski definition) is 4. The van der Waals surface area contributed by atoms with Crippen LogP contribution in [0, 0.1) is 0 Å². The molecule has 0 spiro atoms. The summed E-state index contributed by atoms with van der Waals surface area (Å²) in [6, 6.07) is 0. The van der Waals surface area contributed by atoms with Crippen molar-refractivity contribution in [1.29, 1.82) is 0 Å². The number of hydrogen-bond donors (Lipinski definition) is 3. The molecule has 0 bridgehead atoms. The molecule has 0 aromatic rings. The van der Waals surface area contributed by atoms with Crippen LogP contribution < -0.4 is 0 Å². The third kappa shape index (κ3) is 4.96. The van der Waals surface area contributed by atoms with Crippen molar-refractivity contribution >= 4 is 5.97 Å². The van der Waals surface area contributed by atoms with Crippen molar-refractivity contribution in [1.82, 2.24) is 0 Å². The van der Waals surface area contributed by atoms with Gasteiger partial charge in [0, 0.05) is 12.0 Å².